The van der Waals surface area contributed by atoms with Crippen molar-refractivity contribution in [1.82, 2.24) is 5.32 Å². The lowest BCUT2D eigenvalue weighted by atomic mass is 10.0. The van der Waals surface area contributed by atoms with E-state index >= 15 is 0 Å². The smallest absolute Gasteiger partial charge is 0.268 e. The van der Waals surface area contributed by atoms with Crippen molar-refractivity contribution < 1.29 is 32.9 Å². The Morgan fingerprint density at radius 2 is 0.881 bits per heavy atom. The van der Waals surface area contributed by atoms with Gasteiger partial charge in [0.1, 0.15) is 13.2 Å². The lowest BCUT2D eigenvalue weighted by molar-refractivity contribution is -0.870. The predicted molar refractivity (Wildman–Crippen MR) is 288 cm³/mol. The monoisotopic (exact) mass is 953 g/mol. The average Bonchev–Trinajstić information content (AvgIpc) is 3.29. The van der Waals surface area contributed by atoms with Gasteiger partial charge in [-0.1, -0.05) is 213 Å². The number of phosphoric ester groups is 1. The van der Waals surface area contributed by atoms with Crippen LogP contribution in [0.2, 0.25) is 0 Å². The van der Waals surface area contributed by atoms with E-state index in [0.717, 1.165) is 89.9 Å². The Kier molecular flexibility index (Phi) is 46.2. The molecule has 1 amide bonds. The zero-order valence-corrected chi connectivity index (χ0v) is 44.5. The van der Waals surface area contributed by atoms with Crippen LogP contribution in [0.15, 0.2) is 109 Å². The van der Waals surface area contributed by atoms with Gasteiger partial charge in [-0.3, -0.25) is 9.36 Å². The minimum atomic E-state index is -4.60. The fourth-order valence-corrected chi connectivity index (χ4v) is 7.80. The molecule has 3 atom stereocenters. The number of amides is 1. The van der Waals surface area contributed by atoms with E-state index in [1.54, 1.807) is 6.08 Å². The highest BCUT2D eigenvalue weighted by molar-refractivity contribution is 7.45. The normalized spacial score (nSPS) is 14.9. The molecule has 2 N–H and O–H groups in total. The van der Waals surface area contributed by atoms with Crippen molar-refractivity contribution in [2.24, 2.45) is 0 Å². The molecular formula is C58H101N2O6P. The van der Waals surface area contributed by atoms with Gasteiger partial charge >= 0.3 is 0 Å². The van der Waals surface area contributed by atoms with Crippen LogP contribution in [0.4, 0.5) is 0 Å². The molecule has 0 radical (unpaired) electrons. The Morgan fingerprint density at radius 1 is 0.522 bits per heavy atom. The molecule has 0 fully saturated rings. The zero-order valence-electron chi connectivity index (χ0n) is 43.6. The molecule has 9 heteroatoms. The number of quaternary nitrogens is 1. The number of rotatable bonds is 47. The molecule has 67 heavy (non-hydrogen) atoms. The van der Waals surface area contributed by atoms with Gasteiger partial charge in [0, 0.05) is 6.42 Å². The summed E-state index contributed by atoms with van der Waals surface area (Å²) in [4.78, 5) is 25.3. The molecule has 0 aromatic heterocycles. The maximum absolute atomic E-state index is 12.9. The molecule has 384 valence electrons. The Morgan fingerprint density at radius 3 is 1.33 bits per heavy atom. The van der Waals surface area contributed by atoms with Crippen molar-refractivity contribution in [1.29, 1.82) is 0 Å². The summed E-state index contributed by atoms with van der Waals surface area (Å²) >= 11 is 0. The fraction of sp³-hybridized carbons (Fsp3) is 0.672. The van der Waals surface area contributed by atoms with E-state index in [9.17, 15) is 19.4 Å². The first-order valence-corrected chi connectivity index (χ1v) is 28.2. The first-order chi connectivity index (χ1) is 32.5. The third-order valence-electron chi connectivity index (χ3n) is 11.2. The summed E-state index contributed by atoms with van der Waals surface area (Å²) in [5.41, 5.74) is 0. The first kappa shape index (κ1) is 64.2. The van der Waals surface area contributed by atoms with Gasteiger partial charge in [0.15, 0.2) is 0 Å². The van der Waals surface area contributed by atoms with Crippen LogP contribution in [0.5, 0.6) is 0 Å². The van der Waals surface area contributed by atoms with E-state index < -0.39 is 26.6 Å². The standard InChI is InChI=1S/C58H101N2O6P/c1-6-8-10-12-14-16-18-19-20-21-22-23-24-25-26-27-28-29-30-31-32-33-34-35-36-37-38-39-40-41-42-44-46-48-50-52-58(62)59-56(55-66-67(63,64)65-54-53-60(3,4)5)57(61)51-49-47-45-43-17-15-13-11-9-7-2/h8-11,14,16-17,19-20,22-23,25-26,28-29,43,49,51,56-57,61H,6-7,12-13,15,18,21,24,27,30-42,44-48,50,52-55H2,1-5H3,(H-,59,62,63,64)/b10-8-,11-9+,16-14-,20-19-,23-22-,26-25-,29-28-,43-17+,51-49+. The summed E-state index contributed by atoms with van der Waals surface area (Å²) in [6, 6.07) is -0.913. The second-order valence-electron chi connectivity index (χ2n) is 18.8. The van der Waals surface area contributed by atoms with Gasteiger partial charge < -0.3 is 28.8 Å². The van der Waals surface area contributed by atoms with E-state index in [2.05, 4.69) is 116 Å². The van der Waals surface area contributed by atoms with Gasteiger partial charge in [-0.05, 0) is 89.9 Å². The second-order valence-corrected chi connectivity index (χ2v) is 20.2. The molecule has 0 bridgehead atoms. The van der Waals surface area contributed by atoms with Gasteiger partial charge in [0.05, 0.1) is 39.9 Å². The zero-order chi connectivity index (χ0) is 49.2. The van der Waals surface area contributed by atoms with E-state index in [0.29, 0.717) is 17.4 Å². The Balaban J connectivity index is 4.02. The lowest BCUT2D eigenvalue weighted by Gasteiger charge is -2.29. The molecule has 0 aliphatic heterocycles. The van der Waals surface area contributed by atoms with Gasteiger partial charge in [-0.2, -0.15) is 0 Å². The van der Waals surface area contributed by atoms with Crippen molar-refractivity contribution in [3.8, 4) is 0 Å². The Labute approximate surface area is 412 Å². The maximum atomic E-state index is 12.9. The minimum absolute atomic E-state index is 0.0133. The molecule has 0 rings (SSSR count). The number of carbonyl (C=O) groups is 1. The SMILES string of the molecule is CC/C=C\C/C=C\C/C=C\C/C=C\C/C=C\C/C=C\CCCCCCCCCCCCCCCCCCC(=O)NC(COP(=O)([O-])OCC[N+](C)(C)C)C(O)/C=C/CC/C=C/CC/C=C/CC. The fourth-order valence-electron chi connectivity index (χ4n) is 7.08. The third kappa shape index (κ3) is 50.9. The minimum Gasteiger partial charge on any atom is -0.756 e. The maximum Gasteiger partial charge on any atom is 0.268 e. The molecule has 8 nitrogen and oxygen atoms in total. The molecule has 0 spiro atoms. The summed E-state index contributed by atoms with van der Waals surface area (Å²) in [6.45, 7) is 4.36. The molecule has 0 aromatic carbocycles. The highest BCUT2D eigenvalue weighted by Gasteiger charge is 2.23. The van der Waals surface area contributed by atoms with E-state index in [1.807, 2.05) is 27.2 Å². The number of hydrogen-bond donors (Lipinski definition) is 2. The molecular weight excluding hydrogens is 852 g/mol. The largest absolute Gasteiger partial charge is 0.756 e. The van der Waals surface area contributed by atoms with Crippen molar-refractivity contribution >= 4 is 13.7 Å². The summed E-state index contributed by atoms with van der Waals surface area (Å²) in [7, 11) is 1.22. The highest BCUT2D eigenvalue weighted by atomic mass is 31.2. The molecule has 0 aliphatic carbocycles. The molecule has 0 saturated heterocycles. The third-order valence-corrected chi connectivity index (χ3v) is 12.2. The van der Waals surface area contributed by atoms with Crippen LogP contribution in [-0.2, 0) is 18.4 Å². The second kappa shape index (κ2) is 48.2. The number of unbranched alkanes of at least 4 members (excludes halogenated alkanes) is 18. The molecule has 0 aliphatic rings. The number of nitrogens with zero attached hydrogens (tertiary/aromatic N) is 1. The molecule has 0 saturated carbocycles. The number of carbonyl (C=O) groups excluding carboxylic acids is 1. The quantitative estimate of drug-likeness (QED) is 0.0272. The number of aliphatic hydroxyl groups excluding tert-OH is 1. The number of hydrogen-bond acceptors (Lipinski definition) is 6. The topological polar surface area (TPSA) is 108 Å². The van der Waals surface area contributed by atoms with Crippen LogP contribution >= 0.6 is 7.82 Å². The van der Waals surface area contributed by atoms with Crippen LogP contribution in [-0.4, -0.2) is 68.5 Å². The average molecular weight is 953 g/mol. The Hall–Kier alpha value is -2.84. The summed E-state index contributed by atoms with van der Waals surface area (Å²) in [6.07, 6.45) is 70.5. The lowest BCUT2D eigenvalue weighted by Crippen LogP contribution is -2.45. The predicted octanol–water partition coefficient (Wildman–Crippen LogP) is 15.4. The number of aliphatic hydroxyl groups is 1. The first-order valence-electron chi connectivity index (χ1n) is 26.7. The summed E-state index contributed by atoms with van der Waals surface area (Å²) in [5.74, 6) is -0.218. The van der Waals surface area contributed by atoms with Gasteiger partial charge in [0.2, 0.25) is 5.91 Å². The summed E-state index contributed by atoms with van der Waals surface area (Å²) < 4.78 is 23.2. The van der Waals surface area contributed by atoms with Crippen LogP contribution in [0.25, 0.3) is 0 Å². The number of nitrogens with one attached hydrogen (secondary N) is 1. The number of phosphoric acid groups is 1. The number of likely N-dealkylation sites (N-methyl/N-ethyl adjacent to an activating group) is 1. The number of allylic oxidation sites excluding steroid dienone is 17. The highest BCUT2D eigenvalue weighted by Crippen LogP contribution is 2.38. The van der Waals surface area contributed by atoms with E-state index in [1.165, 1.54) is 89.9 Å². The molecule has 0 aromatic rings. The van der Waals surface area contributed by atoms with Crippen LogP contribution in [0.1, 0.15) is 200 Å². The van der Waals surface area contributed by atoms with Crippen molar-refractivity contribution in [3.63, 3.8) is 0 Å². The van der Waals surface area contributed by atoms with Crippen LogP contribution in [0.3, 0.4) is 0 Å². The van der Waals surface area contributed by atoms with Crippen molar-refractivity contribution in [2.75, 3.05) is 40.9 Å². The van der Waals surface area contributed by atoms with Gasteiger partial charge in [-0.25, -0.2) is 0 Å². The van der Waals surface area contributed by atoms with Crippen molar-refractivity contribution in [3.05, 3.63) is 109 Å². The molecule has 3 unspecified atom stereocenters. The van der Waals surface area contributed by atoms with Crippen LogP contribution < -0.4 is 10.2 Å². The summed E-state index contributed by atoms with van der Waals surface area (Å²) in [5, 5.41) is 13.7. The van der Waals surface area contributed by atoms with Gasteiger partial charge in [-0.15, -0.1) is 0 Å². The van der Waals surface area contributed by atoms with Crippen molar-refractivity contribution in [2.45, 2.75) is 212 Å². The Bertz CT molecular complexity index is 1450. The van der Waals surface area contributed by atoms with Gasteiger partial charge in [0.25, 0.3) is 7.82 Å². The molecule has 0 heterocycles. The van der Waals surface area contributed by atoms with E-state index in [4.69, 9.17) is 9.05 Å². The van der Waals surface area contributed by atoms with Crippen LogP contribution in [0, 0.1) is 0 Å². The van der Waals surface area contributed by atoms with E-state index in [-0.39, 0.29) is 12.5 Å².